The van der Waals surface area contributed by atoms with E-state index in [2.05, 4.69) is 5.32 Å². The number of rotatable bonds is 5. The standard InChI is InChI=1S/C14H20ClN3O4/c1-14(2,3)9-17(6-7-19)13(20)16-12-5-4-10(18(21)22)8-11(12)15/h4-5,8,19H,6-7,9H2,1-3H3,(H,16,20). The number of amides is 2. The van der Waals surface area contributed by atoms with Crippen molar-refractivity contribution in [3.8, 4) is 0 Å². The molecule has 1 aromatic carbocycles. The van der Waals surface area contributed by atoms with Crippen LogP contribution in [-0.2, 0) is 0 Å². The number of carbonyl (C=O) groups excluding carboxylic acids is 1. The number of anilines is 1. The summed E-state index contributed by atoms with van der Waals surface area (Å²) in [6.45, 7) is 6.41. The first kappa shape index (κ1) is 18.2. The highest BCUT2D eigenvalue weighted by molar-refractivity contribution is 6.33. The number of non-ortho nitro benzene ring substituents is 1. The highest BCUT2D eigenvalue weighted by Gasteiger charge is 2.21. The van der Waals surface area contributed by atoms with Crippen molar-refractivity contribution in [2.24, 2.45) is 5.41 Å². The molecule has 0 bridgehead atoms. The average molecular weight is 330 g/mol. The van der Waals surface area contributed by atoms with Gasteiger partial charge in [-0.1, -0.05) is 32.4 Å². The molecule has 8 heteroatoms. The molecule has 0 aromatic heterocycles. The van der Waals surface area contributed by atoms with Gasteiger partial charge < -0.3 is 15.3 Å². The first-order valence-corrected chi connectivity index (χ1v) is 7.12. The Morgan fingerprint density at radius 1 is 1.45 bits per heavy atom. The van der Waals surface area contributed by atoms with Crippen molar-refractivity contribution in [1.82, 2.24) is 4.90 Å². The summed E-state index contributed by atoms with van der Waals surface area (Å²) in [5, 5.41) is 22.4. The minimum atomic E-state index is -0.560. The Morgan fingerprint density at radius 2 is 2.09 bits per heavy atom. The largest absolute Gasteiger partial charge is 0.395 e. The summed E-state index contributed by atoms with van der Waals surface area (Å²) in [6, 6.07) is 3.41. The van der Waals surface area contributed by atoms with Crippen LogP contribution < -0.4 is 5.32 Å². The molecule has 0 saturated carbocycles. The van der Waals surface area contributed by atoms with Crippen LogP contribution in [-0.4, -0.2) is 40.7 Å². The topological polar surface area (TPSA) is 95.7 Å². The van der Waals surface area contributed by atoms with E-state index in [0.717, 1.165) is 0 Å². The van der Waals surface area contributed by atoms with Crippen LogP contribution in [0.25, 0.3) is 0 Å². The predicted molar refractivity (Wildman–Crippen MR) is 85.2 cm³/mol. The number of aliphatic hydroxyl groups excluding tert-OH is 1. The van der Waals surface area contributed by atoms with E-state index in [1.54, 1.807) is 0 Å². The summed E-state index contributed by atoms with van der Waals surface area (Å²) in [5.74, 6) is 0. The maximum atomic E-state index is 12.3. The van der Waals surface area contributed by atoms with Gasteiger partial charge in [-0.25, -0.2) is 4.79 Å². The van der Waals surface area contributed by atoms with Gasteiger partial charge in [0.05, 0.1) is 22.2 Å². The third-order valence-corrected chi connectivity index (χ3v) is 3.04. The number of hydrogen-bond donors (Lipinski definition) is 2. The second kappa shape index (κ2) is 7.42. The van der Waals surface area contributed by atoms with Gasteiger partial charge in [0.1, 0.15) is 0 Å². The first-order chi connectivity index (χ1) is 10.1. The van der Waals surface area contributed by atoms with E-state index in [1.165, 1.54) is 23.1 Å². The van der Waals surface area contributed by atoms with E-state index >= 15 is 0 Å². The molecule has 22 heavy (non-hydrogen) atoms. The van der Waals surface area contributed by atoms with E-state index in [1.807, 2.05) is 20.8 Å². The lowest BCUT2D eigenvalue weighted by molar-refractivity contribution is -0.384. The monoisotopic (exact) mass is 329 g/mol. The molecular weight excluding hydrogens is 310 g/mol. The van der Waals surface area contributed by atoms with Gasteiger partial charge >= 0.3 is 6.03 Å². The zero-order valence-electron chi connectivity index (χ0n) is 12.8. The Morgan fingerprint density at radius 3 is 2.55 bits per heavy atom. The average Bonchev–Trinajstić information content (AvgIpc) is 2.38. The first-order valence-electron chi connectivity index (χ1n) is 6.75. The number of nitro benzene ring substituents is 1. The van der Waals surface area contributed by atoms with Crippen LogP contribution in [0.5, 0.6) is 0 Å². The molecule has 0 unspecified atom stereocenters. The summed E-state index contributed by atoms with van der Waals surface area (Å²) >= 11 is 5.95. The van der Waals surface area contributed by atoms with Crippen LogP contribution in [0, 0.1) is 15.5 Å². The minimum Gasteiger partial charge on any atom is -0.395 e. The fraction of sp³-hybridized carbons (Fsp3) is 0.500. The van der Waals surface area contributed by atoms with Gasteiger partial charge in [-0.2, -0.15) is 0 Å². The van der Waals surface area contributed by atoms with E-state index in [0.29, 0.717) is 6.54 Å². The number of nitro groups is 1. The molecule has 0 atom stereocenters. The van der Waals surface area contributed by atoms with Crippen LogP contribution in [0.1, 0.15) is 20.8 Å². The van der Waals surface area contributed by atoms with Gasteiger partial charge in [0, 0.05) is 25.2 Å². The summed E-state index contributed by atoms with van der Waals surface area (Å²) in [5.41, 5.74) is 0.00483. The van der Waals surface area contributed by atoms with Gasteiger partial charge in [0.15, 0.2) is 0 Å². The van der Waals surface area contributed by atoms with Gasteiger partial charge in [0.2, 0.25) is 0 Å². The number of aliphatic hydroxyl groups is 1. The van der Waals surface area contributed by atoms with Crippen molar-refractivity contribution in [3.63, 3.8) is 0 Å². The van der Waals surface area contributed by atoms with E-state index in [9.17, 15) is 14.9 Å². The Hall–Kier alpha value is -1.86. The molecule has 1 aromatic rings. The molecule has 0 aliphatic rings. The Balaban J connectivity index is 2.87. The molecule has 0 saturated heterocycles. The van der Waals surface area contributed by atoms with Crippen molar-refractivity contribution >= 4 is 29.0 Å². The molecular formula is C14H20ClN3O4. The van der Waals surface area contributed by atoms with Crippen molar-refractivity contribution in [3.05, 3.63) is 33.3 Å². The highest BCUT2D eigenvalue weighted by atomic mass is 35.5. The van der Waals surface area contributed by atoms with Crippen LogP contribution in [0.15, 0.2) is 18.2 Å². The lowest BCUT2D eigenvalue weighted by Crippen LogP contribution is -2.42. The van der Waals surface area contributed by atoms with Crippen molar-refractivity contribution in [2.75, 3.05) is 25.0 Å². The molecule has 0 aliphatic carbocycles. The van der Waals surface area contributed by atoms with Crippen LogP contribution >= 0.6 is 11.6 Å². The van der Waals surface area contributed by atoms with Gasteiger partial charge in [0.25, 0.3) is 5.69 Å². The SMILES string of the molecule is CC(C)(C)CN(CCO)C(=O)Nc1ccc([N+](=O)[O-])cc1Cl. The lowest BCUT2D eigenvalue weighted by Gasteiger charge is -2.29. The molecule has 0 fully saturated rings. The zero-order chi connectivity index (χ0) is 16.9. The fourth-order valence-electron chi connectivity index (χ4n) is 1.86. The number of nitrogens with zero attached hydrogens (tertiary/aromatic N) is 2. The lowest BCUT2D eigenvalue weighted by atomic mass is 9.96. The molecule has 122 valence electrons. The summed E-state index contributed by atoms with van der Waals surface area (Å²) in [6.07, 6.45) is 0. The van der Waals surface area contributed by atoms with Crippen molar-refractivity contribution in [1.29, 1.82) is 0 Å². The molecule has 2 N–H and O–H groups in total. The molecule has 0 heterocycles. The normalized spacial score (nSPS) is 11.1. The predicted octanol–water partition coefficient (Wildman–Crippen LogP) is 3.12. The van der Waals surface area contributed by atoms with Crippen LogP contribution in [0.4, 0.5) is 16.2 Å². The van der Waals surface area contributed by atoms with Gasteiger partial charge in [-0.05, 0) is 11.5 Å². The summed E-state index contributed by atoms with van der Waals surface area (Å²) in [7, 11) is 0. The molecule has 1 rings (SSSR count). The molecule has 7 nitrogen and oxygen atoms in total. The third-order valence-electron chi connectivity index (χ3n) is 2.73. The van der Waals surface area contributed by atoms with Crippen molar-refractivity contribution in [2.45, 2.75) is 20.8 Å². The summed E-state index contributed by atoms with van der Waals surface area (Å²) < 4.78 is 0. The summed E-state index contributed by atoms with van der Waals surface area (Å²) in [4.78, 5) is 23.8. The number of benzene rings is 1. The molecule has 0 aliphatic heterocycles. The molecule has 2 amide bonds. The smallest absolute Gasteiger partial charge is 0.321 e. The fourth-order valence-corrected chi connectivity index (χ4v) is 2.08. The highest BCUT2D eigenvalue weighted by Crippen LogP contribution is 2.27. The Labute approximate surface area is 134 Å². The number of hydrogen-bond acceptors (Lipinski definition) is 4. The Bertz CT molecular complexity index is 558. The Kier molecular flexibility index (Phi) is 6.13. The van der Waals surface area contributed by atoms with Gasteiger partial charge in [-0.15, -0.1) is 0 Å². The van der Waals surface area contributed by atoms with Crippen LogP contribution in [0.3, 0.4) is 0 Å². The van der Waals surface area contributed by atoms with E-state index in [-0.39, 0.29) is 35.0 Å². The second-order valence-corrected chi connectivity index (χ2v) is 6.46. The molecule has 0 radical (unpaired) electrons. The van der Waals surface area contributed by atoms with Gasteiger partial charge in [-0.3, -0.25) is 10.1 Å². The van der Waals surface area contributed by atoms with E-state index < -0.39 is 11.0 Å². The number of nitrogens with one attached hydrogen (secondary N) is 1. The maximum Gasteiger partial charge on any atom is 0.321 e. The minimum absolute atomic E-state index is 0.0854. The van der Waals surface area contributed by atoms with Crippen molar-refractivity contribution < 1.29 is 14.8 Å². The number of urea groups is 1. The van der Waals surface area contributed by atoms with Crippen LogP contribution in [0.2, 0.25) is 5.02 Å². The third kappa shape index (κ3) is 5.50. The quantitative estimate of drug-likeness (QED) is 0.640. The zero-order valence-corrected chi connectivity index (χ0v) is 13.6. The van der Waals surface area contributed by atoms with E-state index in [4.69, 9.17) is 16.7 Å². The number of halogens is 1. The molecule has 0 spiro atoms. The second-order valence-electron chi connectivity index (χ2n) is 6.06. The number of carbonyl (C=O) groups is 1. The maximum absolute atomic E-state index is 12.3.